The Balaban J connectivity index is 1.75. The molecule has 0 aromatic heterocycles. The number of nitrogens with zero attached hydrogens (tertiary/aromatic N) is 1. The highest BCUT2D eigenvalue weighted by Gasteiger charge is 2.49. The second-order valence-corrected chi connectivity index (χ2v) is 8.51. The molecule has 1 aliphatic heterocycles. The van der Waals surface area contributed by atoms with Crippen molar-refractivity contribution in [1.29, 1.82) is 0 Å². The van der Waals surface area contributed by atoms with Crippen LogP contribution in [0.1, 0.15) is 48.2 Å². The minimum atomic E-state index is -1.00. The van der Waals surface area contributed by atoms with Gasteiger partial charge in [0, 0.05) is 23.1 Å². The maximum Gasteiger partial charge on any atom is 0.313 e. The molecule has 1 heterocycles. The number of carbonyl (C=O) groups excluding carboxylic acids is 4. The third-order valence-electron chi connectivity index (χ3n) is 5.46. The number of carbonyl (C=O) groups is 4. The number of rotatable bonds is 7. The number of benzene rings is 2. The third-order valence-corrected chi connectivity index (χ3v) is 5.46. The summed E-state index contributed by atoms with van der Waals surface area (Å²) in [5.41, 5.74) is 6.19. The van der Waals surface area contributed by atoms with Crippen molar-refractivity contribution in [1.82, 2.24) is 4.90 Å². The van der Waals surface area contributed by atoms with Crippen molar-refractivity contribution in [2.75, 3.05) is 13.1 Å². The summed E-state index contributed by atoms with van der Waals surface area (Å²) in [6.45, 7) is 5.32. The maximum atomic E-state index is 12.8. The molecule has 31 heavy (non-hydrogen) atoms. The normalized spacial score (nSPS) is 18.5. The molecule has 162 valence electrons. The Hall–Kier alpha value is -3.48. The zero-order chi connectivity index (χ0) is 22.8. The summed E-state index contributed by atoms with van der Waals surface area (Å²) < 4.78 is 5.58. The Labute approximate surface area is 181 Å². The Morgan fingerprint density at radius 1 is 1.10 bits per heavy atom. The minimum Gasteiger partial charge on any atom is -0.451 e. The molecule has 2 aromatic carbocycles. The van der Waals surface area contributed by atoms with E-state index < -0.39 is 35.2 Å². The van der Waals surface area contributed by atoms with Gasteiger partial charge in [0.05, 0.1) is 12.5 Å². The second-order valence-electron chi connectivity index (χ2n) is 8.51. The van der Waals surface area contributed by atoms with Crippen molar-refractivity contribution in [2.45, 2.75) is 32.8 Å². The third kappa shape index (κ3) is 4.82. The van der Waals surface area contributed by atoms with E-state index in [9.17, 15) is 19.2 Å². The largest absolute Gasteiger partial charge is 0.451 e. The zero-order valence-corrected chi connectivity index (χ0v) is 17.8. The molecule has 2 atom stereocenters. The molecule has 7 heteroatoms. The topological polar surface area (TPSA) is 107 Å². The van der Waals surface area contributed by atoms with Crippen molar-refractivity contribution in [3.8, 4) is 0 Å². The van der Waals surface area contributed by atoms with E-state index in [0.717, 1.165) is 0 Å². The molecule has 0 radical (unpaired) electrons. The predicted octanol–water partition coefficient (Wildman–Crippen LogP) is 2.29. The van der Waals surface area contributed by atoms with E-state index in [-0.39, 0.29) is 18.9 Å². The molecule has 7 nitrogen and oxygen atoms in total. The summed E-state index contributed by atoms with van der Waals surface area (Å²) in [6, 6.07) is 15.7. The van der Waals surface area contributed by atoms with Gasteiger partial charge in [-0.3, -0.25) is 19.2 Å². The van der Waals surface area contributed by atoms with E-state index in [1.807, 2.05) is 6.07 Å². The molecule has 0 bridgehead atoms. The van der Waals surface area contributed by atoms with Gasteiger partial charge in [-0.1, -0.05) is 62.4 Å². The molecule has 1 aliphatic rings. The minimum absolute atomic E-state index is 0.141. The van der Waals surface area contributed by atoms with E-state index in [4.69, 9.17) is 10.5 Å². The summed E-state index contributed by atoms with van der Waals surface area (Å²) in [5.74, 6) is -2.45. The van der Waals surface area contributed by atoms with Crippen LogP contribution in [0.15, 0.2) is 54.6 Å². The van der Waals surface area contributed by atoms with Crippen LogP contribution in [0.5, 0.6) is 0 Å². The maximum absolute atomic E-state index is 12.8. The van der Waals surface area contributed by atoms with E-state index >= 15 is 0 Å². The van der Waals surface area contributed by atoms with Gasteiger partial charge in [0.25, 0.3) is 5.91 Å². The highest BCUT2D eigenvalue weighted by molar-refractivity contribution is 6.09. The van der Waals surface area contributed by atoms with Crippen molar-refractivity contribution in [2.24, 2.45) is 11.1 Å². The second kappa shape index (κ2) is 8.71. The van der Waals surface area contributed by atoms with Crippen LogP contribution in [0.4, 0.5) is 0 Å². The van der Waals surface area contributed by atoms with Crippen LogP contribution < -0.4 is 5.73 Å². The summed E-state index contributed by atoms with van der Waals surface area (Å²) in [6.07, 6.45) is -1.00. The Morgan fingerprint density at radius 2 is 1.74 bits per heavy atom. The molecule has 3 rings (SSSR count). The van der Waals surface area contributed by atoms with Gasteiger partial charge in [-0.15, -0.1) is 0 Å². The molecule has 2 N–H and O–H groups in total. The summed E-state index contributed by atoms with van der Waals surface area (Å²) in [7, 11) is 0. The molecule has 2 amide bonds. The molecule has 1 saturated heterocycles. The predicted molar refractivity (Wildman–Crippen MR) is 114 cm³/mol. The Kier molecular flexibility index (Phi) is 6.24. The fraction of sp³-hybridized carbons (Fsp3) is 0.333. The lowest BCUT2D eigenvalue weighted by Gasteiger charge is -2.25. The van der Waals surface area contributed by atoms with Crippen LogP contribution in [0.2, 0.25) is 0 Å². The lowest BCUT2D eigenvalue weighted by Crippen LogP contribution is -2.39. The fourth-order valence-corrected chi connectivity index (χ4v) is 3.74. The monoisotopic (exact) mass is 422 g/mol. The first-order chi connectivity index (χ1) is 14.6. The number of esters is 1. The van der Waals surface area contributed by atoms with Gasteiger partial charge in [0.2, 0.25) is 5.91 Å². The number of likely N-dealkylation sites (tertiary alicyclic amines) is 1. The average molecular weight is 422 g/mol. The fourth-order valence-electron chi connectivity index (χ4n) is 3.74. The number of nitrogens with two attached hydrogens (primary N) is 1. The lowest BCUT2D eigenvalue weighted by atomic mass is 9.89. The van der Waals surface area contributed by atoms with E-state index in [0.29, 0.717) is 16.7 Å². The van der Waals surface area contributed by atoms with Gasteiger partial charge in [0.1, 0.15) is 0 Å². The zero-order valence-electron chi connectivity index (χ0n) is 17.8. The molecular weight excluding hydrogens is 396 g/mol. The average Bonchev–Trinajstić information content (AvgIpc) is 2.95. The number of primary amides is 1. The number of hydrogen-bond acceptors (Lipinski definition) is 5. The Bertz CT molecular complexity index is 1020. The number of ketones is 1. The lowest BCUT2D eigenvalue weighted by molar-refractivity contribution is -0.161. The van der Waals surface area contributed by atoms with Gasteiger partial charge in [-0.2, -0.15) is 0 Å². The summed E-state index contributed by atoms with van der Waals surface area (Å²) in [4.78, 5) is 50.7. The molecule has 0 spiro atoms. The van der Waals surface area contributed by atoms with Gasteiger partial charge in [-0.25, -0.2) is 0 Å². The van der Waals surface area contributed by atoms with Crippen molar-refractivity contribution < 1.29 is 23.9 Å². The molecule has 2 aromatic rings. The highest BCUT2D eigenvalue weighted by atomic mass is 16.6. The van der Waals surface area contributed by atoms with E-state index in [1.165, 1.54) is 4.90 Å². The molecule has 0 unspecified atom stereocenters. The van der Waals surface area contributed by atoms with Gasteiger partial charge in [-0.05, 0) is 18.6 Å². The molecule has 1 fully saturated rings. The number of ether oxygens (including phenoxy) is 1. The van der Waals surface area contributed by atoms with Crippen molar-refractivity contribution >= 4 is 23.6 Å². The smallest absolute Gasteiger partial charge is 0.313 e. The Morgan fingerprint density at radius 3 is 2.39 bits per heavy atom. The van der Waals surface area contributed by atoms with Crippen LogP contribution in [0, 0.1) is 5.41 Å². The molecule has 0 saturated carbocycles. The van der Waals surface area contributed by atoms with Crippen LogP contribution >= 0.6 is 0 Å². The van der Waals surface area contributed by atoms with Gasteiger partial charge < -0.3 is 15.4 Å². The van der Waals surface area contributed by atoms with Crippen LogP contribution in [0.25, 0.3) is 0 Å². The van der Waals surface area contributed by atoms with E-state index in [2.05, 4.69) is 0 Å². The van der Waals surface area contributed by atoms with Crippen LogP contribution in [-0.4, -0.2) is 47.7 Å². The number of hydrogen-bond donors (Lipinski definition) is 1. The number of amides is 2. The SMILES string of the molecule is C[C@H](C(=O)O[C@@H]1C(=O)N(CC(N)=O)CC1(C)C)c1cccc(C(=O)c2ccccc2)c1. The first-order valence-corrected chi connectivity index (χ1v) is 10.1. The van der Waals surface area contributed by atoms with E-state index in [1.54, 1.807) is 69.3 Å². The van der Waals surface area contributed by atoms with Crippen LogP contribution in [0.3, 0.4) is 0 Å². The summed E-state index contributed by atoms with van der Waals surface area (Å²) >= 11 is 0. The first-order valence-electron chi connectivity index (χ1n) is 10.1. The molecular formula is C24H26N2O5. The first kappa shape index (κ1) is 22.2. The van der Waals surface area contributed by atoms with Gasteiger partial charge in [0.15, 0.2) is 11.9 Å². The van der Waals surface area contributed by atoms with Gasteiger partial charge >= 0.3 is 5.97 Å². The quantitative estimate of drug-likeness (QED) is 0.544. The van der Waals surface area contributed by atoms with Crippen molar-refractivity contribution in [3.63, 3.8) is 0 Å². The molecule has 0 aliphatic carbocycles. The van der Waals surface area contributed by atoms with Crippen LogP contribution in [-0.2, 0) is 19.1 Å². The highest BCUT2D eigenvalue weighted by Crippen LogP contribution is 2.34. The summed E-state index contributed by atoms with van der Waals surface area (Å²) in [5, 5.41) is 0. The standard InChI is InChI=1S/C24H26N2O5/c1-15(17-10-7-11-18(12-17)20(28)16-8-5-4-6-9-16)23(30)31-21-22(29)26(13-19(25)27)14-24(21,2)3/h4-12,15,21H,13-14H2,1-3H3,(H2,25,27)/t15-,21+/m0/s1. The van der Waals surface area contributed by atoms with Crippen molar-refractivity contribution in [3.05, 3.63) is 71.3 Å².